The van der Waals surface area contributed by atoms with Crippen molar-refractivity contribution in [2.45, 2.75) is 57.6 Å². The number of anilines is 3. The summed E-state index contributed by atoms with van der Waals surface area (Å²) < 4.78 is 38.2. The molecule has 2 aromatic rings. The van der Waals surface area contributed by atoms with E-state index in [9.17, 15) is 4.79 Å². The predicted molar refractivity (Wildman–Crippen MR) is 124 cm³/mol. The third-order valence-electron chi connectivity index (χ3n) is 6.28. The highest BCUT2D eigenvalue weighted by molar-refractivity contribution is 6.01. The first-order valence-electron chi connectivity index (χ1n) is 11.8. The van der Waals surface area contributed by atoms with Crippen molar-refractivity contribution in [3.8, 4) is 0 Å². The summed E-state index contributed by atoms with van der Waals surface area (Å²) in [6, 6.07) is 6.82. The first-order chi connectivity index (χ1) is 16.5. The van der Waals surface area contributed by atoms with Crippen molar-refractivity contribution in [3.63, 3.8) is 0 Å². The van der Waals surface area contributed by atoms with Crippen molar-refractivity contribution < 1.29 is 28.1 Å². The summed E-state index contributed by atoms with van der Waals surface area (Å²) in [4.78, 5) is 19.8. The van der Waals surface area contributed by atoms with Gasteiger partial charge in [0, 0.05) is 17.3 Å². The van der Waals surface area contributed by atoms with Crippen molar-refractivity contribution in [2.24, 2.45) is 0 Å². The molecule has 3 aliphatic heterocycles. The van der Waals surface area contributed by atoms with E-state index in [4.69, 9.17) is 18.9 Å². The Balaban J connectivity index is 1.47. The van der Waals surface area contributed by atoms with Gasteiger partial charge in [-0.25, -0.2) is 9.37 Å². The summed E-state index contributed by atoms with van der Waals surface area (Å²) in [5, 5.41) is 3.21. The Morgan fingerprint density at radius 2 is 2.12 bits per heavy atom. The van der Waals surface area contributed by atoms with Crippen LogP contribution in [0.15, 0.2) is 30.5 Å². The van der Waals surface area contributed by atoms with Gasteiger partial charge in [-0.1, -0.05) is 6.07 Å². The van der Waals surface area contributed by atoms with Gasteiger partial charge in [0.2, 0.25) is 0 Å². The van der Waals surface area contributed by atoms with Crippen molar-refractivity contribution >= 4 is 23.1 Å². The first-order valence-corrected chi connectivity index (χ1v) is 11.8. The number of hydrogen-bond acceptors (Lipinski definition) is 7. The molecule has 0 saturated carbocycles. The molecule has 1 aromatic heterocycles. The molecule has 34 heavy (non-hydrogen) atoms. The number of nitrogens with zero attached hydrogens (tertiary/aromatic N) is 2. The standard InChI is InChI=1S/C25H30FN3O5/c1-15(2)34-17-5-6-22(33-13-17)25(30)29-12-16-4-3-7-27-24(16)28-20-11-19(26)18(10-21(20)29)23-14-31-8-9-32-23/h3-4,7,10-11,15,17,22-23H,5-6,8-9,12-14H2,1-2H3,(H,27,28)/t17-,22+,23?/m0/s1. The van der Waals surface area contributed by atoms with Gasteiger partial charge in [0.05, 0.1) is 56.6 Å². The zero-order valence-electron chi connectivity index (χ0n) is 19.5. The van der Waals surface area contributed by atoms with Crippen molar-refractivity contribution in [3.05, 3.63) is 47.4 Å². The van der Waals surface area contributed by atoms with E-state index in [1.165, 1.54) is 6.07 Å². The summed E-state index contributed by atoms with van der Waals surface area (Å²) in [6.07, 6.45) is 1.93. The quantitative estimate of drug-likeness (QED) is 0.725. The lowest BCUT2D eigenvalue weighted by Gasteiger charge is -2.33. The maximum atomic E-state index is 15.2. The zero-order valence-corrected chi connectivity index (χ0v) is 19.5. The summed E-state index contributed by atoms with van der Waals surface area (Å²) in [6.45, 7) is 5.78. The van der Waals surface area contributed by atoms with Crippen LogP contribution in [-0.4, -0.2) is 55.6 Å². The highest BCUT2D eigenvalue weighted by Gasteiger charge is 2.35. The van der Waals surface area contributed by atoms with E-state index in [0.717, 1.165) is 12.0 Å². The van der Waals surface area contributed by atoms with Crippen molar-refractivity contribution in [1.29, 1.82) is 0 Å². The van der Waals surface area contributed by atoms with Gasteiger partial charge in [0.15, 0.2) is 0 Å². The molecule has 0 aliphatic carbocycles. The number of ether oxygens (including phenoxy) is 4. The third kappa shape index (κ3) is 4.79. The van der Waals surface area contributed by atoms with Gasteiger partial charge in [-0.3, -0.25) is 4.79 Å². The van der Waals surface area contributed by atoms with Crippen LogP contribution in [0.4, 0.5) is 21.6 Å². The second-order valence-corrected chi connectivity index (χ2v) is 9.09. The lowest BCUT2D eigenvalue weighted by Crippen LogP contribution is -2.44. The van der Waals surface area contributed by atoms with E-state index in [2.05, 4.69) is 10.3 Å². The van der Waals surface area contributed by atoms with E-state index in [1.54, 1.807) is 17.2 Å². The molecule has 2 fully saturated rings. The van der Waals surface area contributed by atoms with Crippen LogP contribution in [0.3, 0.4) is 0 Å². The fourth-order valence-electron chi connectivity index (χ4n) is 4.66. The fraction of sp³-hybridized carbons (Fsp3) is 0.520. The van der Waals surface area contributed by atoms with Crippen LogP contribution in [0, 0.1) is 5.82 Å². The number of rotatable bonds is 4. The van der Waals surface area contributed by atoms with Crippen LogP contribution >= 0.6 is 0 Å². The Bertz CT molecular complexity index is 1040. The van der Waals surface area contributed by atoms with Gasteiger partial charge in [0.25, 0.3) is 5.91 Å². The van der Waals surface area contributed by atoms with Crippen LogP contribution in [0.25, 0.3) is 0 Å². The Hall–Kier alpha value is -2.59. The molecule has 9 heteroatoms. The maximum Gasteiger partial charge on any atom is 0.256 e. The largest absolute Gasteiger partial charge is 0.376 e. The molecule has 182 valence electrons. The van der Waals surface area contributed by atoms with E-state index in [-0.39, 0.29) is 24.7 Å². The van der Waals surface area contributed by atoms with Crippen LogP contribution in [0.1, 0.15) is 43.9 Å². The number of hydrogen-bond donors (Lipinski definition) is 1. The van der Waals surface area contributed by atoms with Crippen LogP contribution in [-0.2, 0) is 30.3 Å². The summed E-state index contributed by atoms with van der Waals surface area (Å²) in [5.74, 6) is 0.00986. The van der Waals surface area contributed by atoms with Crippen molar-refractivity contribution in [2.75, 3.05) is 36.6 Å². The number of nitrogens with one attached hydrogen (secondary N) is 1. The average molecular weight is 472 g/mol. The molecule has 1 amide bonds. The SMILES string of the molecule is CC(C)O[C@H]1CC[C@H](C(=O)N2Cc3cccnc3Nc3cc(F)c(C4COCCO4)cc32)OC1. The van der Waals surface area contributed by atoms with Gasteiger partial charge in [-0.05, 0) is 44.9 Å². The van der Waals surface area contributed by atoms with Gasteiger partial charge in [0.1, 0.15) is 23.8 Å². The molecular weight excluding hydrogens is 441 g/mol. The van der Waals surface area contributed by atoms with Gasteiger partial charge in [-0.2, -0.15) is 0 Å². The number of carbonyl (C=O) groups is 1. The first kappa shape index (κ1) is 23.2. The smallest absolute Gasteiger partial charge is 0.256 e. The van der Waals surface area contributed by atoms with E-state index in [0.29, 0.717) is 55.5 Å². The lowest BCUT2D eigenvalue weighted by atomic mass is 10.0. The number of aromatic nitrogens is 1. The molecule has 0 radical (unpaired) electrons. The van der Waals surface area contributed by atoms with Gasteiger partial charge >= 0.3 is 0 Å². The second kappa shape index (κ2) is 9.95. The van der Waals surface area contributed by atoms with Gasteiger partial charge < -0.3 is 29.2 Å². The molecule has 5 rings (SSSR count). The minimum absolute atomic E-state index is 0.0174. The highest BCUT2D eigenvalue weighted by atomic mass is 19.1. The zero-order chi connectivity index (χ0) is 23.7. The number of pyridine rings is 1. The van der Waals surface area contributed by atoms with Gasteiger partial charge in [-0.15, -0.1) is 0 Å². The highest BCUT2D eigenvalue weighted by Crippen LogP contribution is 2.39. The summed E-state index contributed by atoms with van der Waals surface area (Å²) in [7, 11) is 0. The average Bonchev–Trinajstić information content (AvgIpc) is 3.00. The number of amides is 1. The number of carbonyl (C=O) groups excluding carboxylic acids is 1. The Labute approximate surface area is 198 Å². The molecule has 8 nitrogen and oxygen atoms in total. The molecule has 3 aliphatic rings. The minimum atomic E-state index is -0.596. The Morgan fingerprint density at radius 3 is 2.85 bits per heavy atom. The molecule has 0 bridgehead atoms. The molecule has 1 N–H and O–H groups in total. The fourth-order valence-corrected chi connectivity index (χ4v) is 4.66. The van der Waals surface area contributed by atoms with Crippen molar-refractivity contribution in [1.82, 2.24) is 4.98 Å². The molecule has 1 unspecified atom stereocenters. The van der Waals surface area contributed by atoms with E-state index in [1.807, 2.05) is 26.0 Å². The van der Waals surface area contributed by atoms with E-state index < -0.39 is 18.0 Å². The molecule has 2 saturated heterocycles. The van der Waals surface area contributed by atoms with Crippen LogP contribution < -0.4 is 10.2 Å². The lowest BCUT2D eigenvalue weighted by molar-refractivity contribution is -0.143. The van der Waals surface area contributed by atoms with E-state index >= 15 is 4.39 Å². The molecular formula is C25H30FN3O5. The molecule has 1 aromatic carbocycles. The van der Waals surface area contributed by atoms with Crippen LogP contribution in [0.2, 0.25) is 0 Å². The number of benzene rings is 1. The van der Waals surface area contributed by atoms with Crippen LogP contribution in [0.5, 0.6) is 0 Å². The topological polar surface area (TPSA) is 82.2 Å². The Kier molecular flexibility index (Phi) is 6.78. The summed E-state index contributed by atoms with van der Waals surface area (Å²) in [5.41, 5.74) is 2.24. The normalized spacial score (nSPS) is 24.7. The second-order valence-electron chi connectivity index (χ2n) is 9.09. The number of fused-ring (bicyclic) bond motifs is 2. The monoisotopic (exact) mass is 471 g/mol. The molecule has 4 heterocycles. The minimum Gasteiger partial charge on any atom is -0.376 e. The molecule has 0 spiro atoms. The molecule has 3 atom stereocenters. The Morgan fingerprint density at radius 1 is 1.24 bits per heavy atom. The maximum absolute atomic E-state index is 15.2. The number of halogens is 1. The predicted octanol–water partition coefficient (Wildman–Crippen LogP) is 3.87. The summed E-state index contributed by atoms with van der Waals surface area (Å²) >= 11 is 0. The third-order valence-corrected chi connectivity index (χ3v) is 6.28.